The largest absolute Gasteiger partial charge is 0.490 e. The smallest absolute Gasteiger partial charge is 0.297 e. The van der Waals surface area contributed by atoms with Gasteiger partial charge in [-0.05, 0) is 24.6 Å². The van der Waals surface area contributed by atoms with Crippen LogP contribution in [0.1, 0.15) is 15.9 Å². The molecular weight excluding hydrogens is 366 g/mol. The van der Waals surface area contributed by atoms with Gasteiger partial charge >= 0.3 is 0 Å². The topological polar surface area (TPSA) is 73.2 Å². The van der Waals surface area contributed by atoms with Crippen LogP contribution in [0.3, 0.4) is 0 Å². The number of rotatable bonds is 6. The third-order valence-electron chi connectivity index (χ3n) is 4.15. The quantitative estimate of drug-likeness (QED) is 0.655. The minimum absolute atomic E-state index is 0.0595. The number of hydrogen-bond acceptors (Lipinski definition) is 5. The summed E-state index contributed by atoms with van der Waals surface area (Å²) in [7, 11) is 1.38. The van der Waals surface area contributed by atoms with Crippen molar-refractivity contribution in [3.05, 3.63) is 81.2 Å². The van der Waals surface area contributed by atoms with E-state index in [0.717, 1.165) is 5.56 Å². The van der Waals surface area contributed by atoms with E-state index in [1.54, 1.807) is 36.4 Å². The highest BCUT2D eigenvalue weighted by Gasteiger charge is 2.16. The fourth-order valence-electron chi connectivity index (χ4n) is 2.58. The second-order valence-corrected chi connectivity index (χ2v) is 6.28. The molecule has 3 rings (SSSR count). The third kappa shape index (κ3) is 4.01. The molecule has 0 radical (unpaired) electrons. The Balaban J connectivity index is 2.01. The second kappa shape index (κ2) is 8.05. The summed E-state index contributed by atoms with van der Waals surface area (Å²) in [5, 5.41) is 3.68. The van der Waals surface area contributed by atoms with Crippen molar-refractivity contribution in [2.75, 3.05) is 12.4 Å². The summed E-state index contributed by atoms with van der Waals surface area (Å²) in [5.41, 5.74) is 1.57. The highest BCUT2D eigenvalue weighted by molar-refractivity contribution is 6.31. The maximum absolute atomic E-state index is 12.7. The van der Waals surface area contributed by atoms with E-state index in [1.807, 2.05) is 19.1 Å². The van der Waals surface area contributed by atoms with E-state index in [-0.39, 0.29) is 24.0 Å². The number of anilines is 2. The van der Waals surface area contributed by atoms with Crippen LogP contribution in [-0.2, 0) is 6.54 Å². The zero-order chi connectivity index (χ0) is 19.4. The zero-order valence-electron chi connectivity index (χ0n) is 14.9. The number of nitrogens with one attached hydrogen (secondary N) is 1. The predicted molar refractivity (Wildman–Crippen MR) is 105 cm³/mol. The molecule has 0 amide bonds. The van der Waals surface area contributed by atoms with Crippen LogP contribution in [0.15, 0.2) is 59.5 Å². The standard InChI is InChI=1S/C20H18ClN3O3/c1-13-15(21)9-6-10-16(13)23-20-22-11-18(27-2)19(26)24(20)12-17(25)14-7-4-3-5-8-14/h3-11H,12H2,1-2H3,(H,22,23). The number of carbonyl (C=O) groups is 1. The Labute approximate surface area is 161 Å². The van der Waals surface area contributed by atoms with Gasteiger partial charge in [0.05, 0.1) is 19.9 Å². The van der Waals surface area contributed by atoms with Gasteiger partial charge in [-0.2, -0.15) is 0 Å². The van der Waals surface area contributed by atoms with Crippen LogP contribution in [0.25, 0.3) is 0 Å². The zero-order valence-corrected chi connectivity index (χ0v) is 15.7. The van der Waals surface area contributed by atoms with Gasteiger partial charge in [0.25, 0.3) is 5.56 Å². The lowest BCUT2D eigenvalue weighted by Gasteiger charge is -2.15. The number of carbonyl (C=O) groups excluding carboxylic acids is 1. The van der Waals surface area contributed by atoms with Gasteiger partial charge in [0, 0.05) is 16.3 Å². The average molecular weight is 384 g/mol. The van der Waals surface area contributed by atoms with E-state index in [4.69, 9.17) is 16.3 Å². The molecular formula is C20H18ClN3O3. The van der Waals surface area contributed by atoms with E-state index in [0.29, 0.717) is 16.3 Å². The molecule has 0 fully saturated rings. The first-order valence-corrected chi connectivity index (χ1v) is 8.63. The van der Waals surface area contributed by atoms with Crippen molar-refractivity contribution in [3.63, 3.8) is 0 Å². The van der Waals surface area contributed by atoms with Gasteiger partial charge in [-0.15, -0.1) is 0 Å². The molecule has 7 heteroatoms. The molecule has 1 aromatic heterocycles. The molecule has 0 aliphatic heterocycles. The van der Waals surface area contributed by atoms with Crippen LogP contribution in [0.2, 0.25) is 5.02 Å². The molecule has 0 atom stereocenters. The first kappa shape index (κ1) is 18.7. The number of methoxy groups -OCH3 is 1. The van der Waals surface area contributed by atoms with Crippen molar-refractivity contribution in [3.8, 4) is 5.75 Å². The average Bonchev–Trinajstić information content (AvgIpc) is 2.68. The van der Waals surface area contributed by atoms with Crippen molar-refractivity contribution in [1.29, 1.82) is 0 Å². The van der Waals surface area contributed by atoms with E-state index in [2.05, 4.69) is 10.3 Å². The first-order chi connectivity index (χ1) is 13.0. The predicted octanol–water partition coefficient (Wildman–Crippen LogP) is 3.84. The van der Waals surface area contributed by atoms with Gasteiger partial charge in [-0.25, -0.2) is 4.98 Å². The molecule has 0 saturated heterocycles. The summed E-state index contributed by atoms with van der Waals surface area (Å²) in [6.45, 7) is 1.68. The Hall–Kier alpha value is -3.12. The fraction of sp³-hybridized carbons (Fsp3) is 0.150. The Morgan fingerprint density at radius 2 is 1.93 bits per heavy atom. The van der Waals surface area contributed by atoms with Crippen molar-refractivity contribution < 1.29 is 9.53 Å². The van der Waals surface area contributed by atoms with Crippen LogP contribution in [0.5, 0.6) is 5.75 Å². The molecule has 0 spiro atoms. The maximum Gasteiger partial charge on any atom is 0.297 e. The molecule has 6 nitrogen and oxygen atoms in total. The minimum atomic E-state index is -0.445. The summed E-state index contributed by atoms with van der Waals surface area (Å²) in [5.74, 6) is 0.0818. The van der Waals surface area contributed by atoms with Crippen molar-refractivity contribution in [2.24, 2.45) is 0 Å². The lowest BCUT2D eigenvalue weighted by Crippen LogP contribution is -2.28. The summed E-state index contributed by atoms with van der Waals surface area (Å²) < 4.78 is 6.32. The van der Waals surface area contributed by atoms with E-state index in [1.165, 1.54) is 17.9 Å². The maximum atomic E-state index is 12.7. The highest BCUT2D eigenvalue weighted by Crippen LogP contribution is 2.25. The molecule has 1 N–H and O–H groups in total. The molecule has 2 aromatic carbocycles. The number of nitrogens with zero attached hydrogens (tertiary/aromatic N) is 2. The van der Waals surface area contributed by atoms with Crippen molar-refractivity contribution in [2.45, 2.75) is 13.5 Å². The number of benzene rings is 2. The van der Waals surface area contributed by atoms with Crippen LogP contribution in [0, 0.1) is 6.92 Å². The molecule has 3 aromatic rings. The summed E-state index contributed by atoms with van der Waals surface area (Å²) in [6.07, 6.45) is 1.33. The Morgan fingerprint density at radius 1 is 1.19 bits per heavy atom. The molecule has 0 bridgehead atoms. The van der Waals surface area contributed by atoms with Gasteiger partial charge < -0.3 is 10.1 Å². The summed E-state index contributed by atoms with van der Waals surface area (Å²) in [6, 6.07) is 14.2. The van der Waals surface area contributed by atoms with Crippen LogP contribution < -0.4 is 15.6 Å². The third-order valence-corrected chi connectivity index (χ3v) is 4.56. The van der Waals surface area contributed by atoms with Gasteiger partial charge in [0.15, 0.2) is 5.78 Å². The van der Waals surface area contributed by atoms with Crippen LogP contribution >= 0.6 is 11.6 Å². The molecule has 138 valence electrons. The van der Waals surface area contributed by atoms with Gasteiger partial charge in [0.1, 0.15) is 0 Å². The summed E-state index contributed by atoms with van der Waals surface area (Å²) >= 11 is 6.16. The minimum Gasteiger partial charge on any atom is -0.490 e. The normalized spacial score (nSPS) is 10.5. The summed E-state index contributed by atoms with van der Waals surface area (Å²) in [4.78, 5) is 29.6. The number of ketones is 1. The number of hydrogen-bond donors (Lipinski definition) is 1. The van der Waals surface area contributed by atoms with E-state index < -0.39 is 5.56 Å². The monoisotopic (exact) mass is 383 g/mol. The SMILES string of the molecule is COc1cnc(Nc2cccc(Cl)c2C)n(CC(=O)c2ccccc2)c1=O. The molecule has 1 heterocycles. The van der Waals surface area contributed by atoms with E-state index in [9.17, 15) is 9.59 Å². The number of Topliss-reactive ketones (excluding diaryl/α,β-unsaturated/α-hetero) is 1. The van der Waals surface area contributed by atoms with Crippen molar-refractivity contribution in [1.82, 2.24) is 9.55 Å². The van der Waals surface area contributed by atoms with Crippen LogP contribution in [0.4, 0.5) is 11.6 Å². The number of aromatic nitrogens is 2. The molecule has 0 saturated carbocycles. The van der Waals surface area contributed by atoms with Gasteiger partial charge in [-0.3, -0.25) is 14.2 Å². The number of ether oxygens (including phenoxy) is 1. The van der Waals surface area contributed by atoms with Gasteiger partial charge in [-0.1, -0.05) is 48.0 Å². The first-order valence-electron chi connectivity index (χ1n) is 8.25. The Kier molecular flexibility index (Phi) is 5.57. The molecule has 27 heavy (non-hydrogen) atoms. The second-order valence-electron chi connectivity index (χ2n) is 5.87. The Morgan fingerprint density at radius 3 is 2.63 bits per heavy atom. The van der Waals surface area contributed by atoms with Crippen LogP contribution in [-0.4, -0.2) is 22.4 Å². The number of halogens is 1. The van der Waals surface area contributed by atoms with E-state index >= 15 is 0 Å². The lowest BCUT2D eigenvalue weighted by molar-refractivity contribution is 0.0971. The Bertz CT molecular complexity index is 1030. The lowest BCUT2D eigenvalue weighted by atomic mass is 10.1. The van der Waals surface area contributed by atoms with Gasteiger partial charge in [0.2, 0.25) is 11.7 Å². The molecule has 0 unspecified atom stereocenters. The fourth-order valence-corrected chi connectivity index (χ4v) is 2.76. The highest BCUT2D eigenvalue weighted by atomic mass is 35.5. The molecule has 0 aliphatic rings. The van der Waals surface area contributed by atoms with Crippen molar-refractivity contribution >= 4 is 29.0 Å². The molecule has 0 aliphatic carbocycles.